The van der Waals surface area contributed by atoms with Crippen molar-refractivity contribution in [2.75, 3.05) is 11.4 Å². The summed E-state index contributed by atoms with van der Waals surface area (Å²) in [5.41, 5.74) is 1.61. The molecule has 3 aromatic rings. The fraction of sp³-hybridized carbons (Fsp3) is 0.304. The SMILES string of the molecule is CCN(c1ccccc1C(C)C)c1nc(OCc2ccccc2)ncc1C(F)(F)F. The summed E-state index contributed by atoms with van der Waals surface area (Å²) in [6.45, 7) is 6.28. The molecule has 0 fully saturated rings. The van der Waals surface area contributed by atoms with Crippen LogP contribution in [0.15, 0.2) is 60.8 Å². The van der Waals surface area contributed by atoms with E-state index in [4.69, 9.17) is 4.74 Å². The monoisotopic (exact) mass is 415 g/mol. The molecule has 0 amide bonds. The van der Waals surface area contributed by atoms with Gasteiger partial charge in [-0.1, -0.05) is 62.4 Å². The maximum absolute atomic E-state index is 13.8. The largest absolute Gasteiger partial charge is 0.459 e. The molecule has 0 saturated carbocycles. The quantitative estimate of drug-likeness (QED) is 0.450. The van der Waals surface area contributed by atoms with Gasteiger partial charge in [0.05, 0.1) is 0 Å². The van der Waals surface area contributed by atoms with Gasteiger partial charge in [-0.15, -0.1) is 0 Å². The minimum atomic E-state index is -4.59. The predicted octanol–water partition coefficient (Wildman–Crippen LogP) is 6.36. The highest BCUT2D eigenvalue weighted by molar-refractivity contribution is 5.67. The predicted molar refractivity (Wildman–Crippen MR) is 111 cm³/mol. The van der Waals surface area contributed by atoms with Gasteiger partial charge in [0.15, 0.2) is 5.82 Å². The average molecular weight is 415 g/mol. The van der Waals surface area contributed by atoms with Crippen LogP contribution in [0.5, 0.6) is 6.01 Å². The zero-order valence-corrected chi connectivity index (χ0v) is 17.1. The highest BCUT2D eigenvalue weighted by Crippen LogP contribution is 2.40. The number of halogens is 3. The van der Waals surface area contributed by atoms with E-state index in [1.165, 1.54) is 0 Å². The highest BCUT2D eigenvalue weighted by atomic mass is 19.4. The number of benzene rings is 2. The van der Waals surface area contributed by atoms with Crippen molar-refractivity contribution in [3.63, 3.8) is 0 Å². The van der Waals surface area contributed by atoms with Crippen molar-refractivity contribution >= 4 is 11.5 Å². The molecule has 0 aliphatic rings. The van der Waals surface area contributed by atoms with E-state index in [1.807, 2.05) is 68.4 Å². The molecule has 0 bridgehead atoms. The lowest BCUT2D eigenvalue weighted by Crippen LogP contribution is -2.24. The Morgan fingerprint density at radius 2 is 1.67 bits per heavy atom. The number of hydrogen-bond donors (Lipinski definition) is 0. The summed E-state index contributed by atoms with van der Waals surface area (Å²) in [5.74, 6) is -0.0728. The molecule has 1 heterocycles. The van der Waals surface area contributed by atoms with Crippen molar-refractivity contribution in [1.82, 2.24) is 9.97 Å². The van der Waals surface area contributed by atoms with Gasteiger partial charge >= 0.3 is 12.2 Å². The van der Waals surface area contributed by atoms with Crippen molar-refractivity contribution < 1.29 is 17.9 Å². The molecule has 2 aromatic carbocycles. The Labute approximate surface area is 174 Å². The van der Waals surface area contributed by atoms with Gasteiger partial charge in [0, 0.05) is 18.4 Å². The fourth-order valence-corrected chi connectivity index (χ4v) is 3.21. The van der Waals surface area contributed by atoms with Crippen LogP contribution >= 0.6 is 0 Å². The van der Waals surface area contributed by atoms with Crippen molar-refractivity contribution in [2.24, 2.45) is 0 Å². The minimum absolute atomic E-state index is 0.0951. The average Bonchev–Trinajstić information content (AvgIpc) is 2.73. The van der Waals surface area contributed by atoms with Crippen LogP contribution in [0.2, 0.25) is 0 Å². The number of ether oxygens (including phenoxy) is 1. The Bertz CT molecular complexity index is 975. The van der Waals surface area contributed by atoms with Gasteiger partial charge in [-0.3, -0.25) is 0 Å². The van der Waals surface area contributed by atoms with Gasteiger partial charge in [-0.2, -0.15) is 18.2 Å². The first-order valence-electron chi connectivity index (χ1n) is 9.78. The van der Waals surface area contributed by atoms with E-state index < -0.39 is 11.7 Å². The topological polar surface area (TPSA) is 38.2 Å². The summed E-state index contributed by atoms with van der Waals surface area (Å²) in [4.78, 5) is 9.55. The van der Waals surface area contributed by atoms with Crippen LogP contribution in [-0.4, -0.2) is 16.5 Å². The molecule has 0 aliphatic heterocycles. The Kier molecular flexibility index (Phi) is 6.59. The maximum Gasteiger partial charge on any atom is 0.421 e. The van der Waals surface area contributed by atoms with Gasteiger partial charge in [-0.05, 0) is 30.0 Å². The summed E-state index contributed by atoms with van der Waals surface area (Å²) >= 11 is 0. The normalized spacial score (nSPS) is 11.6. The van der Waals surface area contributed by atoms with Crippen LogP contribution in [0.25, 0.3) is 0 Å². The van der Waals surface area contributed by atoms with Gasteiger partial charge in [0.25, 0.3) is 0 Å². The molecule has 0 N–H and O–H groups in total. The van der Waals surface area contributed by atoms with Crippen LogP contribution < -0.4 is 9.64 Å². The molecule has 0 atom stereocenters. The molecule has 158 valence electrons. The number of anilines is 2. The second kappa shape index (κ2) is 9.15. The van der Waals surface area contributed by atoms with Crippen molar-refractivity contribution in [2.45, 2.75) is 39.5 Å². The van der Waals surface area contributed by atoms with E-state index in [0.717, 1.165) is 17.3 Å². The molecule has 0 aliphatic carbocycles. The van der Waals surface area contributed by atoms with E-state index in [-0.39, 0.29) is 24.4 Å². The first-order valence-corrected chi connectivity index (χ1v) is 9.78. The minimum Gasteiger partial charge on any atom is -0.459 e. The second-order valence-corrected chi connectivity index (χ2v) is 7.12. The molecular formula is C23H24F3N3O. The molecular weight excluding hydrogens is 391 g/mol. The second-order valence-electron chi connectivity index (χ2n) is 7.12. The zero-order chi connectivity index (χ0) is 21.7. The summed E-state index contributed by atoms with van der Waals surface area (Å²) < 4.78 is 46.9. The van der Waals surface area contributed by atoms with E-state index in [2.05, 4.69) is 9.97 Å². The van der Waals surface area contributed by atoms with Crippen LogP contribution in [0, 0.1) is 0 Å². The molecule has 0 unspecified atom stereocenters. The Balaban J connectivity index is 2.03. The van der Waals surface area contributed by atoms with Crippen LogP contribution in [0.1, 0.15) is 43.4 Å². The standard InChI is InChI=1S/C23H24F3N3O/c1-4-29(20-13-9-8-12-18(20)16(2)3)21-19(23(24,25)26)14-27-22(28-21)30-15-17-10-6-5-7-11-17/h5-14,16H,4,15H2,1-3H3. The Hall–Kier alpha value is -3.09. The van der Waals surface area contributed by atoms with Crippen molar-refractivity contribution in [3.8, 4) is 6.01 Å². The summed E-state index contributed by atoms with van der Waals surface area (Å²) in [6.07, 6.45) is -3.79. The maximum atomic E-state index is 13.8. The smallest absolute Gasteiger partial charge is 0.421 e. The molecule has 0 saturated heterocycles. The first-order chi connectivity index (χ1) is 14.3. The highest BCUT2D eigenvalue weighted by Gasteiger charge is 2.37. The van der Waals surface area contributed by atoms with E-state index in [1.54, 1.807) is 11.8 Å². The summed E-state index contributed by atoms with van der Waals surface area (Å²) in [5, 5.41) is 0. The van der Waals surface area contributed by atoms with Crippen LogP contribution in [0.4, 0.5) is 24.7 Å². The van der Waals surface area contributed by atoms with Gasteiger partial charge in [0.1, 0.15) is 12.2 Å². The lowest BCUT2D eigenvalue weighted by Gasteiger charge is -2.28. The van der Waals surface area contributed by atoms with Crippen LogP contribution in [0.3, 0.4) is 0 Å². The van der Waals surface area contributed by atoms with E-state index in [9.17, 15) is 13.2 Å². The molecule has 4 nitrogen and oxygen atoms in total. The first kappa shape index (κ1) is 21.6. The van der Waals surface area contributed by atoms with Crippen molar-refractivity contribution in [3.05, 3.63) is 77.5 Å². The number of alkyl halides is 3. The number of nitrogens with zero attached hydrogens (tertiary/aromatic N) is 3. The van der Waals surface area contributed by atoms with Gasteiger partial charge in [-0.25, -0.2) is 4.98 Å². The Morgan fingerprint density at radius 3 is 2.30 bits per heavy atom. The van der Waals surface area contributed by atoms with Gasteiger partial charge in [0.2, 0.25) is 0 Å². The third-order valence-electron chi connectivity index (χ3n) is 4.68. The third-order valence-corrected chi connectivity index (χ3v) is 4.68. The van der Waals surface area contributed by atoms with E-state index in [0.29, 0.717) is 12.2 Å². The lowest BCUT2D eigenvalue weighted by atomic mass is 10.00. The lowest BCUT2D eigenvalue weighted by molar-refractivity contribution is -0.137. The molecule has 30 heavy (non-hydrogen) atoms. The zero-order valence-electron chi connectivity index (χ0n) is 17.1. The van der Waals surface area contributed by atoms with Crippen molar-refractivity contribution in [1.29, 1.82) is 0 Å². The van der Waals surface area contributed by atoms with Crippen LogP contribution in [-0.2, 0) is 12.8 Å². The fourth-order valence-electron chi connectivity index (χ4n) is 3.21. The number of para-hydroxylation sites is 1. The molecule has 0 spiro atoms. The molecule has 1 aromatic heterocycles. The number of aromatic nitrogens is 2. The molecule has 3 rings (SSSR count). The van der Waals surface area contributed by atoms with E-state index >= 15 is 0 Å². The Morgan fingerprint density at radius 1 is 1.00 bits per heavy atom. The molecule has 7 heteroatoms. The molecule has 0 radical (unpaired) electrons. The number of hydrogen-bond acceptors (Lipinski definition) is 4. The third kappa shape index (κ3) is 4.90. The summed E-state index contributed by atoms with van der Waals surface area (Å²) in [7, 11) is 0. The van der Waals surface area contributed by atoms with Gasteiger partial charge < -0.3 is 9.64 Å². The summed E-state index contributed by atoms with van der Waals surface area (Å²) in [6, 6.07) is 16.7. The number of rotatable bonds is 7.